The molecule has 1 aliphatic carbocycles. The lowest BCUT2D eigenvalue weighted by Crippen LogP contribution is -2.34. The minimum atomic E-state index is -5.60. The number of halogens is 5. The average molecular weight is 312 g/mol. The molecule has 0 spiro atoms. The normalized spacial score (nSPS) is 16.3. The number of alkyl halides is 5. The molecule has 0 radical (unpaired) electrons. The van der Waals surface area contributed by atoms with Crippen LogP contribution >= 0.6 is 0 Å². The fraction of sp³-hybridized carbons (Fsp3) is 0.294. The summed E-state index contributed by atoms with van der Waals surface area (Å²) in [5.41, 5.74) is 1.39. The van der Waals surface area contributed by atoms with Crippen molar-refractivity contribution in [3.05, 3.63) is 59.2 Å². The van der Waals surface area contributed by atoms with Crippen LogP contribution in [0.5, 0.6) is 0 Å². The maximum absolute atomic E-state index is 13.6. The molecule has 0 N–H and O–H groups in total. The first kappa shape index (κ1) is 15.0. The second-order valence-electron chi connectivity index (χ2n) is 6.00. The van der Waals surface area contributed by atoms with Gasteiger partial charge in [-0.3, -0.25) is 0 Å². The monoisotopic (exact) mass is 312 g/mol. The third-order valence-corrected chi connectivity index (χ3v) is 4.30. The van der Waals surface area contributed by atoms with Gasteiger partial charge < -0.3 is 0 Å². The third-order valence-electron chi connectivity index (χ3n) is 4.30. The summed E-state index contributed by atoms with van der Waals surface area (Å²) >= 11 is 0. The summed E-state index contributed by atoms with van der Waals surface area (Å²) in [6.45, 7) is 3.65. The molecule has 0 unspecified atom stereocenters. The molecule has 0 saturated heterocycles. The van der Waals surface area contributed by atoms with Crippen molar-refractivity contribution >= 4 is 0 Å². The Balaban J connectivity index is 2.21. The van der Waals surface area contributed by atoms with Crippen LogP contribution in [0.25, 0.3) is 11.1 Å². The standard InChI is InChI=1S/C17H13F5/c1-15(2)13-6-4-3-5-11(13)12-8-7-10(9-14(12)15)16(18,19)17(20,21)22/h3-9H,1-2H3. The van der Waals surface area contributed by atoms with Gasteiger partial charge in [0.2, 0.25) is 0 Å². The van der Waals surface area contributed by atoms with Gasteiger partial charge in [0.1, 0.15) is 0 Å². The molecule has 2 aromatic carbocycles. The van der Waals surface area contributed by atoms with Crippen LogP contribution in [0.4, 0.5) is 22.0 Å². The van der Waals surface area contributed by atoms with Crippen molar-refractivity contribution < 1.29 is 22.0 Å². The van der Waals surface area contributed by atoms with Crippen molar-refractivity contribution in [3.63, 3.8) is 0 Å². The summed E-state index contributed by atoms with van der Waals surface area (Å²) in [7, 11) is 0. The number of fused-ring (bicyclic) bond motifs is 3. The molecule has 2 aromatic rings. The summed E-state index contributed by atoms with van der Waals surface area (Å²) in [6.07, 6.45) is -5.60. The van der Waals surface area contributed by atoms with E-state index in [1.807, 2.05) is 38.1 Å². The molecular formula is C17H13F5. The first-order valence-electron chi connectivity index (χ1n) is 6.76. The van der Waals surface area contributed by atoms with E-state index in [0.29, 0.717) is 11.1 Å². The minimum Gasteiger partial charge on any atom is -0.191 e. The molecule has 116 valence electrons. The van der Waals surface area contributed by atoms with Gasteiger partial charge in [0.15, 0.2) is 0 Å². The summed E-state index contributed by atoms with van der Waals surface area (Å²) in [6, 6.07) is 10.6. The van der Waals surface area contributed by atoms with Crippen molar-refractivity contribution in [3.8, 4) is 11.1 Å². The van der Waals surface area contributed by atoms with Crippen molar-refractivity contribution in [2.75, 3.05) is 0 Å². The molecule has 0 aromatic heterocycles. The van der Waals surface area contributed by atoms with Gasteiger partial charge >= 0.3 is 12.1 Å². The van der Waals surface area contributed by atoms with Crippen LogP contribution in [0.2, 0.25) is 0 Å². The maximum Gasteiger partial charge on any atom is 0.458 e. The lowest BCUT2D eigenvalue weighted by Gasteiger charge is -2.24. The summed E-state index contributed by atoms with van der Waals surface area (Å²) in [5.74, 6) is -4.85. The molecule has 0 atom stereocenters. The summed E-state index contributed by atoms with van der Waals surface area (Å²) in [4.78, 5) is 0. The Hall–Kier alpha value is -1.91. The van der Waals surface area contributed by atoms with Crippen LogP contribution in [-0.4, -0.2) is 6.18 Å². The van der Waals surface area contributed by atoms with Gasteiger partial charge in [-0.15, -0.1) is 0 Å². The molecule has 0 saturated carbocycles. The van der Waals surface area contributed by atoms with Crippen LogP contribution in [0.1, 0.15) is 30.5 Å². The van der Waals surface area contributed by atoms with E-state index in [2.05, 4.69) is 0 Å². The summed E-state index contributed by atoms with van der Waals surface area (Å²) in [5, 5.41) is 0. The van der Waals surface area contributed by atoms with Crippen molar-refractivity contribution in [1.29, 1.82) is 0 Å². The molecule has 3 rings (SSSR count). The molecule has 0 bridgehead atoms. The fourth-order valence-electron chi connectivity index (χ4n) is 3.06. The van der Waals surface area contributed by atoms with Gasteiger partial charge in [-0.2, -0.15) is 22.0 Å². The number of rotatable bonds is 1. The lowest BCUT2D eigenvalue weighted by atomic mass is 9.81. The smallest absolute Gasteiger partial charge is 0.191 e. The summed E-state index contributed by atoms with van der Waals surface area (Å²) < 4.78 is 64.9. The quantitative estimate of drug-likeness (QED) is 0.597. The average Bonchev–Trinajstić information content (AvgIpc) is 2.67. The largest absolute Gasteiger partial charge is 0.458 e. The predicted octanol–water partition coefficient (Wildman–Crippen LogP) is 5.65. The van der Waals surface area contributed by atoms with Gasteiger partial charge in [-0.05, 0) is 28.3 Å². The molecule has 0 amide bonds. The molecule has 22 heavy (non-hydrogen) atoms. The lowest BCUT2D eigenvalue weighted by molar-refractivity contribution is -0.289. The maximum atomic E-state index is 13.6. The number of hydrogen-bond donors (Lipinski definition) is 0. The Morgan fingerprint density at radius 3 is 2.00 bits per heavy atom. The molecule has 0 fully saturated rings. The second-order valence-corrected chi connectivity index (χ2v) is 6.00. The van der Waals surface area contributed by atoms with E-state index in [-0.39, 0.29) is 0 Å². The molecular weight excluding hydrogens is 299 g/mol. The van der Waals surface area contributed by atoms with Crippen LogP contribution < -0.4 is 0 Å². The van der Waals surface area contributed by atoms with Gasteiger partial charge in [0, 0.05) is 11.0 Å². The predicted molar refractivity (Wildman–Crippen MR) is 74.0 cm³/mol. The van der Waals surface area contributed by atoms with E-state index in [1.54, 1.807) is 0 Å². The molecule has 1 aliphatic rings. The van der Waals surface area contributed by atoms with Crippen LogP contribution in [-0.2, 0) is 11.3 Å². The zero-order chi connectivity index (χ0) is 16.3. The minimum absolute atomic E-state index is 0.495. The van der Waals surface area contributed by atoms with E-state index in [4.69, 9.17) is 0 Å². The van der Waals surface area contributed by atoms with Gasteiger partial charge in [-0.25, -0.2) is 0 Å². The zero-order valence-corrected chi connectivity index (χ0v) is 11.9. The fourth-order valence-corrected chi connectivity index (χ4v) is 3.06. The highest BCUT2D eigenvalue weighted by Gasteiger charge is 2.59. The highest BCUT2D eigenvalue weighted by Crippen LogP contribution is 2.51. The van der Waals surface area contributed by atoms with Gasteiger partial charge in [-0.1, -0.05) is 50.2 Å². The van der Waals surface area contributed by atoms with E-state index in [0.717, 1.165) is 23.3 Å². The zero-order valence-electron chi connectivity index (χ0n) is 11.9. The highest BCUT2D eigenvalue weighted by atomic mass is 19.4. The topological polar surface area (TPSA) is 0 Å². The van der Waals surface area contributed by atoms with E-state index in [1.165, 1.54) is 6.07 Å². The Morgan fingerprint density at radius 1 is 0.773 bits per heavy atom. The molecule has 0 heterocycles. The van der Waals surface area contributed by atoms with Crippen LogP contribution in [0, 0.1) is 0 Å². The SMILES string of the molecule is CC1(C)c2ccccc2-c2ccc(C(F)(F)C(F)(F)F)cc21. The highest BCUT2D eigenvalue weighted by molar-refractivity contribution is 5.80. The number of benzene rings is 2. The molecule has 0 aliphatic heterocycles. The first-order valence-corrected chi connectivity index (χ1v) is 6.76. The van der Waals surface area contributed by atoms with Gasteiger partial charge in [0.05, 0.1) is 0 Å². The van der Waals surface area contributed by atoms with E-state index < -0.39 is 23.1 Å². The van der Waals surface area contributed by atoms with E-state index in [9.17, 15) is 22.0 Å². The molecule has 0 nitrogen and oxygen atoms in total. The first-order chi connectivity index (χ1) is 10.1. The van der Waals surface area contributed by atoms with Gasteiger partial charge in [0.25, 0.3) is 0 Å². The Labute approximate surface area is 124 Å². The second kappa shape index (κ2) is 4.31. The number of hydrogen-bond acceptors (Lipinski definition) is 0. The Bertz CT molecular complexity index is 741. The van der Waals surface area contributed by atoms with Crippen molar-refractivity contribution in [2.24, 2.45) is 0 Å². The van der Waals surface area contributed by atoms with Crippen molar-refractivity contribution in [1.82, 2.24) is 0 Å². The third kappa shape index (κ3) is 1.87. The Kier molecular flexibility index (Phi) is 2.94. The van der Waals surface area contributed by atoms with E-state index >= 15 is 0 Å². The molecule has 5 heteroatoms. The van der Waals surface area contributed by atoms with Crippen LogP contribution in [0.15, 0.2) is 42.5 Å². The van der Waals surface area contributed by atoms with Crippen molar-refractivity contribution in [2.45, 2.75) is 31.4 Å². The Morgan fingerprint density at radius 2 is 1.36 bits per heavy atom. The van der Waals surface area contributed by atoms with Crippen LogP contribution in [0.3, 0.4) is 0 Å².